The van der Waals surface area contributed by atoms with E-state index in [1.807, 2.05) is 6.92 Å². The average Bonchev–Trinajstić information content (AvgIpc) is 3.11. The Morgan fingerprint density at radius 2 is 1.75 bits per heavy atom. The highest BCUT2D eigenvalue weighted by Crippen LogP contribution is 2.69. The molecule has 0 spiro atoms. The Kier molecular flexibility index (Phi) is 7.61. The molecule has 36 heavy (non-hydrogen) atoms. The van der Waals surface area contributed by atoms with Crippen LogP contribution in [-0.4, -0.2) is 60.2 Å². The zero-order valence-electron chi connectivity index (χ0n) is 21.5. The molecule has 0 aliphatic heterocycles. The number of aliphatic hydroxyl groups is 3. The summed E-state index contributed by atoms with van der Waals surface area (Å²) in [6.07, 6.45) is 1.84. The average molecular weight is 537 g/mol. The Morgan fingerprint density at radius 1 is 1.08 bits per heavy atom. The Morgan fingerprint density at radius 3 is 2.42 bits per heavy atom. The number of hydrogen-bond donors (Lipinski definition) is 3. The van der Waals surface area contributed by atoms with Crippen LogP contribution in [0.4, 0.5) is 8.78 Å². The molecule has 3 N–H and O–H groups in total. The molecule has 10 atom stereocenters. The predicted molar refractivity (Wildman–Crippen MR) is 128 cm³/mol. The highest BCUT2D eigenvalue weighted by molar-refractivity contribution is 7.87. The minimum absolute atomic E-state index is 0.0107. The van der Waals surface area contributed by atoms with Crippen molar-refractivity contribution in [2.24, 2.45) is 46.3 Å². The second kappa shape index (κ2) is 9.72. The third kappa shape index (κ3) is 4.84. The van der Waals surface area contributed by atoms with Gasteiger partial charge in [0.15, 0.2) is 0 Å². The first kappa shape index (κ1) is 28.2. The quantitative estimate of drug-likeness (QED) is 0.426. The zero-order chi connectivity index (χ0) is 26.7. The van der Waals surface area contributed by atoms with Crippen LogP contribution in [-0.2, 0) is 19.1 Å². The Hall–Kier alpha value is -0.840. The summed E-state index contributed by atoms with van der Waals surface area (Å²) >= 11 is 0. The van der Waals surface area contributed by atoms with Gasteiger partial charge in [0, 0.05) is 12.8 Å². The van der Waals surface area contributed by atoms with Crippen LogP contribution in [0.25, 0.3) is 0 Å². The van der Waals surface area contributed by atoms with Crippen molar-refractivity contribution in [2.45, 2.75) is 96.7 Å². The van der Waals surface area contributed by atoms with Crippen molar-refractivity contribution >= 4 is 16.1 Å². The summed E-state index contributed by atoms with van der Waals surface area (Å²) in [7, 11) is -4.07. The van der Waals surface area contributed by atoms with Crippen LogP contribution < -0.4 is 0 Å². The Balaban J connectivity index is 1.46. The Bertz CT molecular complexity index is 943. The standard InChI is InChI=1S/C26H42F2O7S/c1-15(4-7-22(32)35-36(33,34)11-10-29)17-5-6-18-23-19(8-9-24(17,18)2)25(3)14-26(27,28)21(31)13-16(25)12-20(23)30/h15-21,23,29-31H,4-14H2,1-3H3/t15-,16-,17-,18+,19+,20+,21-,23+,24-,25+/m1/s1. The molecule has 0 unspecified atom stereocenters. The minimum atomic E-state index is -4.07. The summed E-state index contributed by atoms with van der Waals surface area (Å²) in [6, 6.07) is 0. The molecular weight excluding hydrogens is 494 g/mol. The second-order valence-corrected chi connectivity index (χ2v) is 14.4. The molecule has 10 heteroatoms. The summed E-state index contributed by atoms with van der Waals surface area (Å²) in [6.45, 7) is 5.65. The number of aliphatic hydroxyl groups excluding tert-OH is 3. The van der Waals surface area contributed by atoms with E-state index in [-0.39, 0.29) is 60.2 Å². The molecule has 0 amide bonds. The van der Waals surface area contributed by atoms with Crippen molar-refractivity contribution < 1.29 is 41.5 Å². The molecule has 4 aliphatic rings. The predicted octanol–water partition coefficient (Wildman–Crippen LogP) is 3.50. The lowest BCUT2D eigenvalue weighted by atomic mass is 9.43. The molecule has 4 saturated carbocycles. The highest BCUT2D eigenvalue weighted by atomic mass is 32.2. The van der Waals surface area contributed by atoms with E-state index in [0.717, 1.165) is 25.7 Å². The van der Waals surface area contributed by atoms with Crippen LogP contribution in [0.5, 0.6) is 0 Å². The summed E-state index contributed by atoms with van der Waals surface area (Å²) in [5.74, 6) is -4.12. The number of rotatable bonds is 7. The molecule has 4 fully saturated rings. The van der Waals surface area contributed by atoms with Crippen LogP contribution >= 0.6 is 0 Å². The highest BCUT2D eigenvalue weighted by Gasteiger charge is 2.66. The topological polar surface area (TPSA) is 121 Å². The maximum atomic E-state index is 14.7. The summed E-state index contributed by atoms with van der Waals surface area (Å²) < 4.78 is 57.2. The minimum Gasteiger partial charge on any atom is -0.395 e. The van der Waals surface area contributed by atoms with Crippen LogP contribution in [0.2, 0.25) is 0 Å². The molecule has 208 valence electrons. The molecule has 4 rings (SSSR count). The number of carbonyl (C=O) groups excluding carboxylic acids is 1. The SMILES string of the molecule is C[C@H](CCC(=O)OS(=O)(=O)CCO)[C@H]1CC[C@H]2[C@@H]3[C@@H](O)C[C@@H]4C[C@@H](O)C(F)(F)C[C@]4(C)[C@H]3CC[C@]12C. The molecule has 7 nitrogen and oxygen atoms in total. The van der Waals surface area contributed by atoms with Crippen molar-refractivity contribution in [1.29, 1.82) is 0 Å². The molecule has 0 saturated heterocycles. The molecule has 4 aliphatic carbocycles. The van der Waals surface area contributed by atoms with Crippen molar-refractivity contribution in [3.8, 4) is 0 Å². The van der Waals surface area contributed by atoms with Gasteiger partial charge in [-0.2, -0.15) is 8.42 Å². The van der Waals surface area contributed by atoms with Gasteiger partial charge in [0.25, 0.3) is 5.92 Å². The van der Waals surface area contributed by atoms with E-state index in [1.54, 1.807) is 0 Å². The number of hydrogen-bond acceptors (Lipinski definition) is 7. The number of fused-ring (bicyclic) bond motifs is 5. The smallest absolute Gasteiger partial charge is 0.322 e. The van der Waals surface area contributed by atoms with Gasteiger partial charge in [-0.3, -0.25) is 4.79 Å². The van der Waals surface area contributed by atoms with Gasteiger partial charge in [-0.25, -0.2) is 8.78 Å². The molecule has 0 bridgehead atoms. The van der Waals surface area contributed by atoms with Gasteiger partial charge in [0.05, 0.1) is 12.7 Å². The van der Waals surface area contributed by atoms with Gasteiger partial charge < -0.3 is 19.5 Å². The van der Waals surface area contributed by atoms with Gasteiger partial charge >= 0.3 is 16.1 Å². The maximum absolute atomic E-state index is 14.7. The van der Waals surface area contributed by atoms with E-state index >= 15 is 0 Å². The lowest BCUT2D eigenvalue weighted by molar-refractivity contribution is -0.236. The number of halogens is 2. The van der Waals surface area contributed by atoms with Crippen molar-refractivity contribution in [3.63, 3.8) is 0 Å². The third-order valence-electron chi connectivity index (χ3n) is 10.8. The van der Waals surface area contributed by atoms with Crippen LogP contribution in [0.15, 0.2) is 0 Å². The largest absolute Gasteiger partial charge is 0.395 e. The van der Waals surface area contributed by atoms with E-state index in [4.69, 9.17) is 5.11 Å². The van der Waals surface area contributed by atoms with Crippen LogP contribution in [0.3, 0.4) is 0 Å². The molecule has 0 aromatic heterocycles. The van der Waals surface area contributed by atoms with Gasteiger partial charge in [-0.05, 0) is 91.3 Å². The van der Waals surface area contributed by atoms with E-state index in [0.29, 0.717) is 12.8 Å². The summed E-state index contributed by atoms with van der Waals surface area (Å²) in [5, 5.41) is 30.1. The van der Waals surface area contributed by atoms with Gasteiger partial charge in [-0.15, -0.1) is 0 Å². The molecule has 0 aromatic rings. The monoisotopic (exact) mass is 536 g/mol. The van der Waals surface area contributed by atoms with E-state index in [9.17, 15) is 32.2 Å². The Labute approximate surface area is 213 Å². The molecule has 0 radical (unpaired) electrons. The maximum Gasteiger partial charge on any atom is 0.322 e. The van der Waals surface area contributed by atoms with E-state index in [1.165, 1.54) is 0 Å². The lowest BCUT2D eigenvalue weighted by Crippen LogP contribution is -2.62. The van der Waals surface area contributed by atoms with Gasteiger partial charge in [-0.1, -0.05) is 20.8 Å². The van der Waals surface area contributed by atoms with Crippen molar-refractivity contribution in [3.05, 3.63) is 0 Å². The van der Waals surface area contributed by atoms with E-state index in [2.05, 4.69) is 18.0 Å². The van der Waals surface area contributed by atoms with Gasteiger partial charge in [0.2, 0.25) is 0 Å². The summed E-state index contributed by atoms with van der Waals surface area (Å²) in [5.41, 5.74) is -0.699. The number of alkyl halides is 2. The zero-order valence-corrected chi connectivity index (χ0v) is 22.4. The number of carbonyl (C=O) groups is 1. The van der Waals surface area contributed by atoms with Gasteiger partial charge in [0.1, 0.15) is 11.9 Å². The van der Waals surface area contributed by atoms with Crippen molar-refractivity contribution in [2.75, 3.05) is 12.4 Å². The fourth-order valence-electron chi connectivity index (χ4n) is 9.09. The summed E-state index contributed by atoms with van der Waals surface area (Å²) in [4.78, 5) is 12.1. The first-order chi connectivity index (χ1) is 16.6. The fraction of sp³-hybridized carbons (Fsp3) is 0.962. The second-order valence-electron chi connectivity index (χ2n) is 12.7. The molecule has 0 heterocycles. The molecule has 0 aromatic carbocycles. The fourth-order valence-corrected chi connectivity index (χ4v) is 9.76. The van der Waals surface area contributed by atoms with Crippen LogP contribution in [0.1, 0.15) is 78.6 Å². The first-order valence-electron chi connectivity index (χ1n) is 13.4. The van der Waals surface area contributed by atoms with E-state index < -0.39 is 52.0 Å². The van der Waals surface area contributed by atoms with Crippen LogP contribution in [0, 0.1) is 46.3 Å². The van der Waals surface area contributed by atoms with Crippen molar-refractivity contribution in [1.82, 2.24) is 0 Å². The molecular formula is C26H42F2O7S. The normalized spacial score (nSPS) is 44.7. The lowest BCUT2D eigenvalue weighted by Gasteiger charge is -2.63. The third-order valence-corrected chi connectivity index (χ3v) is 11.9. The first-order valence-corrected chi connectivity index (χ1v) is 15.0.